The van der Waals surface area contributed by atoms with Crippen molar-refractivity contribution in [1.82, 2.24) is 5.32 Å². The molecule has 0 saturated heterocycles. The van der Waals surface area contributed by atoms with Crippen LogP contribution < -0.4 is 14.8 Å². The van der Waals surface area contributed by atoms with Crippen LogP contribution in [0.4, 0.5) is 0 Å². The van der Waals surface area contributed by atoms with E-state index in [1.54, 1.807) is 19.2 Å². The summed E-state index contributed by atoms with van der Waals surface area (Å²) in [6.45, 7) is 3.29. The minimum absolute atomic E-state index is 0.307. The molecule has 31 heavy (non-hydrogen) atoms. The smallest absolute Gasteiger partial charge is 0.175 e. The van der Waals surface area contributed by atoms with Gasteiger partial charge in [-0.15, -0.1) is 0 Å². The molecule has 0 spiro atoms. The third kappa shape index (κ3) is 6.63. The number of rotatable bonds is 10. The van der Waals surface area contributed by atoms with E-state index in [1.165, 1.54) is 5.56 Å². The van der Waals surface area contributed by atoms with Gasteiger partial charge in [0.05, 0.1) is 21.6 Å². The van der Waals surface area contributed by atoms with Gasteiger partial charge in [-0.2, -0.15) is 0 Å². The Morgan fingerprint density at radius 2 is 1.74 bits per heavy atom. The molecular formula is C25H26BrCl2NO2. The van der Waals surface area contributed by atoms with E-state index in [0.29, 0.717) is 34.2 Å². The summed E-state index contributed by atoms with van der Waals surface area (Å²) in [6.07, 6.45) is 2.19. The normalized spacial score (nSPS) is 11.9. The van der Waals surface area contributed by atoms with Crippen LogP contribution in [-0.2, 0) is 13.2 Å². The second-order valence-electron chi connectivity index (χ2n) is 7.28. The van der Waals surface area contributed by atoms with Crippen LogP contribution in [0.3, 0.4) is 0 Å². The van der Waals surface area contributed by atoms with E-state index in [-0.39, 0.29) is 0 Å². The Morgan fingerprint density at radius 3 is 2.42 bits per heavy atom. The lowest BCUT2D eigenvalue weighted by atomic mass is 10.0. The summed E-state index contributed by atoms with van der Waals surface area (Å²) in [4.78, 5) is 0. The van der Waals surface area contributed by atoms with E-state index in [9.17, 15) is 0 Å². The molecule has 0 heterocycles. The third-order valence-electron chi connectivity index (χ3n) is 4.99. The fourth-order valence-corrected chi connectivity index (χ4v) is 4.33. The van der Waals surface area contributed by atoms with Crippen LogP contribution in [0.2, 0.25) is 10.0 Å². The van der Waals surface area contributed by atoms with Crippen molar-refractivity contribution < 1.29 is 9.47 Å². The summed E-state index contributed by atoms with van der Waals surface area (Å²) in [7, 11) is 1.65. The summed E-state index contributed by atoms with van der Waals surface area (Å²) in [5, 5.41) is 4.71. The highest BCUT2D eigenvalue weighted by Gasteiger charge is 2.14. The molecule has 3 rings (SSSR count). The lowest BCUT2D eigenvalue weighted by molar-refractivity contribution is 0.282. The standard InChI is InChI=1S/C25H26BrCl2NO2/c1-3-7-23(19-8-5-4-6-9-19)29-15-18-12-20(26)25(24(14-18)30-2)31-16-17-10-11-21(27)22(28)13-17/h4-6,8-14,23,29H,3,7,15-16H2,1-2H3. The average molecular weight is 523 g/mol. The van der Waals surface area contributed by atoms with Gasteiger partial charge < -0.3 is 14.8 Å². The maximum atomic E-state index is 6.10. The highest BCUT2D eigenvalue weighted by atomic mass is 79.9. The van der Waals surface area contributed by atoms with Crippen LogP contribution >= 0.6 is 39.1 Å². The van der Waals surface area contributed by atoms with E-state index in [2.05, 4.69) is 58.5 Å². The molecule has 6 heteroatoms. The topological polar surface area (TPSA) is 30.5 Å². The molecule has 0 aliphatic rings. The molecule has 1 unspecified atom stereocenters. The molecule has 0 radical (unpaired) electrons. The van der Waals surface area contributed by atoms with Crippen LogP contribution in [0.25, 0.3) is 0 Å². The van der Waals surface area contributed by atoms with Crippen molar-refractivity contribution in [3.63, 3.8) is 0 Å². The molecule has 0 fully saturated rings. The lowest BCUT2D eigenvalue weighted by Gasteiger charge is -2.20. The van der Waals surface area contributed by atoms with Crippen LogP contribution in [0.1, 0.15) is 42.5 Å². The van der Waals surface area contributed by atoms with Crippen molar-refractivity contribution in [2.45, 2.75) is 39.0 Å². The fourth-order valence-electron chi connectivity index (χ4n) is 3.40. The number of methoxy groups -OCH3 is 1. The summed E-state index contributed by atoms with van der Waals surface area (Å²) in [6, 6.07) is 20.4. The first-order chi connectivity index (χ1) is 15.0. The zero-order valence-corrected chi connectivity index (χ0v) is 20.7. The Morgan fingerprint density at radius 1 is 0.968 bits per heavy atom. The molecule has 0 amide bonds. The van der Waals surface area contributed by atoms with Gasteiger partial charge in [-0.1, -0.05) is 72.9 Å². The average Bonchev–Trinajstić information content (AvgIpc) is 2.78. The van der Waals surface area contributed by atoms with Gasteiger partial charge in [0.25, 0.3) is 0 Å². The molecule has 3 aromatic rings. The number of hydrogen-bond acceptors (Lipinski definition) is 3. The first kappa shape index (κ1) is 23.9. The number of hydrogen-bond donors (Lipinski definition) is 1. The molecule has 164 valence electrons. The predicted molar refractivity (Wildman–Crippen MR) is 132 cm³/mol. The first-order valence-corrected chi connectivity index (χ1v) is 11.8. The molecule has 0 saturated carbocycles. The summed E-state index contributed by atoms with van der Waals surface area (Å²) < 4.78 is 12.5. The number of nitrogens with one attached hydrogen (secondary N) is 1. The van der Waals surface area contributed by atoms with E-state index in [0.717, 1.165) is 35.0 Å². The quantitative estimate of drug-likeness (QED) is 0.292. The van der Waals surface area contributed by atoms with E-state index in [4.69, 9.17) is 32.7 Å². The molecule has 0 aliphatic heterocycles. The van der Waals surface area contributed by atoms with Crippen molar-refractivity contribution in [2.75, 3.05) is 7.11 Å². The van der Waals surface area contributed by atoms with Gasteiger partial charge in [-0.05, 0) is 63.3 Å². The molecular weight excluding hydrogens is 497 g/mol. The largest absolute Gasteiger partial charge is 0.493 e. The molecule has 0 aliphatic carbocycles. The van der Waals surface area contributed by atoms with Crippen LogP contribution in [0, 0.1) is 0 Å². The third-order valence-corrected chi connectivity index (χ3v) is 6.32. The fraction of sp³-hybridized carbons (Fsp3) is 0.280. The molecule has 3 nitrogen and oxygen atoms in total. The van der Waals surface area contributed by atoms with Gasteiger partial charge >= 0.3 is 0 Å². The van der Waals surface area contributed by atoms with Crippen LogP contribution in [0.15, 0.2) is 65.1 Å². The number of ether oxygens (including phenoxy) is 2. The van der Waals surface area contributed by atoms with Gasteiger partial charge in [-0.3, -0.25) is 0 Å². The van der Waals surface area contributed by atoms with Gasteiger partial charge in [0.1, 0.15) is 6.61 Å². The SMILES string of the molecule is CCCC(NCc1cc(Br)c(OCc2ccc(Cl)c(Cl)c2)c(OC)c1)c1ccccc1. The number of benzene rings is 3. The highest BCUT2D eigenvalue weighted by Crippen LogP contribution is 2.37. The summed E-state index contributed by atoms with van der Waals surface area (Å²) in [5.41, 5.74) is 3.35. The van der Waals surface area contributed by atoms with Gasteiger partial charge in [0.2, 0.25) is 0 Å². The van der Waals surface area contributed by atoms with E-state index < -0.39 is 0 Å². The molecule has 1 N–H and O–H groups in total. The Bertz CT molecular complexity index is 998. The van der Waals surface area contributed by atoms with Gasteiger partial charge in [-0.25, -0.2) is 0 Å². The van der Waals surface area contributed by atoms with Crippen LogP contribution in [-0.4, -0.2) is 7.11 Å². The van der Waals surface area contributed by atoms with E-state index in [1.807, 2.05) is 18.2 Å². The summed E-state index contributed by atoms with van der Waals surface area (Å²) in [5.74, 6) is 1.34. The van der Waals surface area contributed by atoms with Crippen molar-refractivity contribution >= 4 is 39.1 Å². The molecule has 3 aromatic carbocycles. The second kappa shape index (κ2) is 11.8. The zero-order valence-electron chi connectivity index (χ0n) is 17.6. The van der Waals surface area contributed by atoms with Crippen molar-refractivity contribution in [3.8, 4) is 11.5 Å². The Hall–Kier alpha value is -1.72. The maximum absolute atomic E-state index is 6.10. The van der Waals surface area contributed by atoms with Gasteiger partial charge in [0, 0.05) is 12.6 Å². The second-order valence-corrected chi connectivity index (χ2v) is 8.95. The minimum Gasteiger partial charge on any atom is -0.493 e. The first-order valence-electron chi connectivity index (χ1n) is 10.2. The highest BCUT2D eigenvalue weighted by molar-refractivity contribution is 9.10. The zero-order chi connectivity index (χ0) is 22.2. The molecule has 1 atom stereocenters. The molecule has 0 aromatic heterocycles. The molecule has 0 bridgehead atoms. The Labute approximate surface area is 202 Å². The Balaban J connectivity index is 1.71. The van der Waals surface area contributed by atoms with Crippen molar-refractivity contribution in [2.24, 2.45) is 0 Å². The van der Waals surface area contributed by atoms with Gasteiger partial charge in [0.15, 0.2) is 11.5 Å². The maximum Gasteiger partial charge on any atom is 0.175 e. The minimum atomic E-state index is 0.307. The predicted octanol–water partition coefficient (Wildman–Crippen LogP) is 7.97. The summed E-state index contributed by atoms with van der Waals surface area (Å²) >= 11 is 15.7. The van der Waals surface area contributed by atoms with E-state index >= 15 is 0 Å². The number of halogens is 3. The van der Waals surface area contributed by atoms with Crippen molar-refractivity contribution in [3.05, 3.63) is 91.9 Å². The van der Waals surface area contributed by atoms with Crippen molar-refractivity contribution in [1.29, 1.82) is 0 Å². The Kier molecular flexibility index (Phi) is 9.09. The van der Waals surface area contributed by atoms with Crippen LogP contribution in [0.5, 0.6) is 11.5 Å². The monoisotopic (exact) mass is 521 g/mol. The lowest BCUT2D eigenvalue weighted by Crippen LogP contribution is -2.20.